The summed E-state index contributed by atoms with van der Waals surface area (Å²) in [6.07, 6.45) is 4.28. The summed E-state index contributed by atoms with van der Waals surface area (Å²) >= 11 is 0. The molecule has 1 aromatic heterocycles. The van der Waals surface area contributed by atoms with E-state index in [1.807, 2.05) is 12.1 Å². The summed E-state index contributed by atoms with van der Waals surface area (Å²) in [6, 6.07) is 10.4. The molecule has 0 aliphatic carbocycles. The van der Waals surface area contributed by atoms with E-state index in [-0.39, 0.29) is 5.75 Å². The number of hydrogen-bond donors (Lipinski definition) is 2. The zero-order valence-electron chi connectivity index (χ0n) is 13.6. The van der Waals surface area contributed by atoms with Crippen LogP contribution >= 0.6 is 0 Å². The minimum Gasteiger partial charge on any atom is -0.356 e. The van der Waals surface area contributed by atoms with Crippen LogP contribution < -0.4 is 10.6 Å². The van der Waals surface area contributed by atoms with E-state index in [2.05, 4.69) is 44.6 Å². The van der Waals surface area contributed by atoms with Gasteiger partial charge in [-0.05, 0) is 23.9 Å². The summed E-state index contributed by atoms with van der Waals surface area (Å²) in [4.78, 5) is 4.08. The molecule has 0 radical (unpaired) electrons. The SMILES string of the molecule is CN=C(NCCCn1ccc2ccccc21)NCCS(C)(=O)=O. The van der Waals surface area contributed by atoms with E-state index in [1.54, 1.807) is 7.05 Å². The molecule has 2 aromatic rings. The molecule has 0 unspecified atom stereocenters. The van der Waals surface area contributed by atoms with Gasteiger partial charge in [-0.15, -0.1) is 0 Å². The van der Waals surface area contributed by atoms with Gasteiger partial charge < -0.3 is 15.2 Å². The van der Waals surface area contributed by atoms with Crippen molar-refractivity contribution in [3.8, 4) is 0 Å². The standard InChI is InChI=1S/C16H24N4O2S/c1-17-16(19-10-13-23(2,21)22)18-9-5-11-20-12-8-14-6-3-4-7-15(14)20/h3-4,6-8,12H,5,9-11,13H2,1-2H3,(H2,17,18,19). The van der Waals surface area contributed by atoms with Crippen molar-refractivity contribution in [1.29, 1.82) is 0 Å². The van der Waals surface area contributed by atoms with E-state index in [9.17, 15) is 8.42 Å². The lowest BCUT2D eigenvalue weighted by atomic mass is 10.2. The third-order valence-electron chi connectivity index (χ3n) is 3.54. The minimum absolute atomic E-state index is 0.100. The van der Waals surface area contributed by atoms with Crippen LogP contribution in [-0.4, -0.2) is 51.1 Å². The number of nitrogens with zero attached hydrogens (tertiary/aromatic N) is 2. The number of para-hydroxylation sites is 1. The van der Waals surface area contributed by atoms with Gasteiger partial charge in [-0.1, -0.05) is 18.2 Å². The molecule has 0 atom stereocenters. The number of aryl methyl sites for hydroxylation is 1. The highest BCUT2D eigenvalue weighted by molar-refractivity contribution is 7.90. The van der Waals surface area contributed by atoms with Crippen molar-refractivity contribution in [2.24, 2.45) is 4.99 Å². The van der Waals surface area contributed by atoms with Gasteiger partial charge in [0.1, 0.15) is 9.84 Å². The minimum atomic E-state index is -2.95. The van der Waals surface area contributed by atoms with Crippen molar-refractivity contribution in [1.82, 2.24) is 15.2 Å². The highest BCUT2D eigenvalue weighted by atomic mass is 32.2. The topological polar surface area (TPSA) is 75.5 Å². The molecule has 0 fully saturated rings. The van der Waals surface area contributed by atoms with Gasteiger partial charge in [-0.2, -0.15) is 0 Å². The average molecular weight is 336 g/mol. The fourth-order valence-corrected chi connectivity index (χ4v) is 2.84. The van der Waals surface area contributed by atoms with Crippen LogP contribution in [0.1, 0.15) is 6.42 Å². The monoisotopic (exact) mass is 336 g/mol. The Bertz CT molecular complexity index is 765. The van der Waals surface area contributed by atoms with Gasteiger partial charge in [-0.3, -0.25) is 4.99 Å². The number of benzene rings is 1. The highest BCUT2D eigenvalue weighted by Gasteiger charge is 2.03. The van der Waals surface area contributed by atoms with Crippen molar-refractivity contribution in [2.75, 3.05) is 32.1 Å². The van der Waals surface area contributed by atoms with Crippen molar-refractivity contribution < 1.29 is 8.42 Å². The number of rotatable bonds is 7. The van der Waals surface area contributed by atoms with Crippen LogP contribution in [0.2, 0.25) is 0 Å². The normalized spacial score (nSPS) is 12.5. The van der Waals surface area contributed by atoms with Crippen molar-refractivity contribution >= 4 is 26.7 Å². The number of sulfone groups is 1. The molecule has 126 valence electrons. The molecule has 0 bridgehead atoms. The molecular weight excluding hydrogens is 312 g/mol. The molecule has 2 N–H and O–H groups in total. The van der Waals surface area contributed by atoms with Crippen LogP contribution in [0.4, 0.5) is 0 Å². The second kappa shape index (κ2) is 8.01. The van der Waals surface area contributed by atoms with Crippen LogP contribution in [0.3, 0.4) is 0 Å². The van der Waals surface area contributed by atoms with E-state index in [0.29, 0.717) is 12.5 Å². The molecule has 0 saturated heterocycles. The van der Waals surface area contributed by atoms with E-state index < -0.39 is 9.84 Å². The second-order valence-electron chi connectivity index (χ2n) is 5.48. The number of guanidine groups is 1. The molecule has 6 nitrogen and oxygen atoms in total. The van der Waals surface area contributed by atoms with Gasteiger partial charge in [0.05, 0.1) is 5.75 Å². The average Bonchev–Trinajstić information content (AvgIpc) is 2.92. The van der Waals surface area contributed by atoms with Crippen molar-refractivity contribution in [3.63, 3.8) is 0 Å². The number of hydrogen-bond acceptors (Lipinski definition) is 3. The molecule has 0 aliphatic rings. The quantitative estimate of drug-likeness (QED) is 0.453. The van der Waals surface area contributed by atoms with Gasteiger partial charge in [0.25, 0.3) is 0 Å². The molecule has 1 heterocycles. The zero-order valence-corrected chi connectivity index (χ0v) is 14.4. The second-order valence-corrected chi connectivity index (χ2v) is 7.74. The Morgan fingerprint density at radius 2 is 1.91 bits per heavy atom. The number of aromatic nitrogens is 1. The van der Waals surface area contributed by atoms with E-state index in [1.165, 1.54) is 17.2 Å². The van der Waals surface area contributed by atoms with Gasteiger partial charge in [0, 0.05) is 44.7 Å². The van der Waals surface area contributed by atoms with Crippen LogP contribution in [-0.2, 0) is 16.4 Å². The smallest absolute Gasteiger partial charge is 0.191 e. The molecular formula is C16H24N4O2S. The molecule has 0 saturated carbocycles. The summed E-state index contributed by atoms with van der Waals surface area (Å²) in [5.74, 6) is 0.731. The first kappa shape index (κ1) is 17.3. The van der Waals surface area contributed by atoms with Gasteiger partial charge >= 0.3 is 0 Å². The van der Waals surface area contributed by atoms with Crippen molar-refractivity contribution in [2.45, 2.75) is 13.0 Å². The fraction of sp³-hybridized carbons (Fsp3) is 0.438. The highest BCUT2D eigenvalue weighted by Crippen LogP contribution is 2.15. The number of fused-ring (bicyclic) bond motifs is 1. The maximum absolute atomic E-state index is 11.1. The van der Waals surface area contributed by atoms with Gasteiger partial charge in [0.2, 0.25) is 0 Å². The lowest BCUT2D eigenvalue weighted by Gasteiger charge is -2.12. The molecule has 2 rings (SSSR count). The summed E-state index contributed by atoms with van der Waals surface area (Å²) < 4.78 is 24.4. The molecule has 0 amide bonds. The number of nitrogens with one attached hydrogen (secondary N) is 2. The van der Waals surface area contributed by atoms with Gasteiger partial charge in [-0.25, -0.2) is 8.42 Å². The summed E-state index contributed by atoms with van der Waals surface area (Å²) in [5.41, 5.74) is 1.24. The Kier molecular flexibility index (Phi) is 6.04. The molecule has 7 heteroatoms. The molecule has 0 spiro atoms. The summed E-state index contributed by atoms with van der Waals surface area (Å²) in [5, 5.41) is 7.45. The van der Waals surface area contributed by atoms with Crippen LogP contribution in [0, 0.1) is 0 Å². The zero-order chi connectivity index (χ0) is 16.7. The van der Waals surface area contributed by atoms with E-state index >= 15 is 0 Å². The summed E-state index contributed by atoms with van der Waals surface area (Å²) in [7, 11) is -1.28. The van der Waals surface area contributed by atoms with E-state index in [0.717, 1.165) is 19.5 Å². The number of aliphatic imine (C=N–C) groups is 1. The first-order chi connectivity index (χ1) is 11.0. The Morgan fingerprint density at radius 1 is 1.17 bits per heavy atom. The summed E-state index contributed by atoms with van der Waals surface area (Å²) in [6.45, 7) is 2.05. The molecule has 0 aliphatic heterocycles. The van der Waals surface area contributed by atoms with Crippen molar-refractivity contribution in [3.05, 3.63) is 36.5 Å². The Hall–Kier alpha value is -2.02. The largest absolute Gasteiger partial charge is 0.356 e. The first-order valence-electron chi connectivity index (χ1n) is 7.66. The lowest BCUT2D eigenvalue weighted by molar-refractivity contribution is 0.600. The maximum atomic E-state index is 11.1. The van der Waals surface area contributed by atoms with Crippen LogP contribution in [0.25, 0.3) is 10.9 Å². The van der Waals surface area contributed by atoms with Crippen LogP contribution in [0.15, 0.2) is 41.5 Å². The molecule has 23 heavy (non-hydrogen) atoms. The maximum Gasteiger partial charge on any atom is 0.191 e. The Balaban J connectivity index is 1.73. The Labute approximate surface area is 137 Å². The Morgan fingerprint density at radius 3 is 2.65 bits per heavy atom. The van der Waals surface area contributed by atoms with E-state index in [4.69, 9.17) is 0 Å². The van der Waals surface area contributed by atoms with Crippen LogP contribution in [0.5, 0.6) is 0 Å². The van der Waals surface area contributed by atoms with Gasteiger partial charge in [0.15, 0.2) is 5.96 Å². The molecule has 1 aromatic carbocycles. The lowest BCUT2D eigenvalue weighted by Crippen LogP contribution is -2.40. The fourth-order valence-electron chi connectivity index (χ4n) is 2.37. The third-order valence-corrected chi connectivity index (χ3v) is 4.48. The third kappa shape index (κ3) is 5.59. The predicted octanol–water partition coefficient (Wildman–Crippen LogP) is 1.24. The predicted molar refractivity (Wildman–Crippen MR) is 95.6 cm³/mol. The first-order valence-corrected chi connectivity index (χ1v) is 9.72.